The molecule has 1 fully saturated rings. The Bertz CT molecular complexity index is 1500. The first-order valence-corrected chi connectivity index (χ1v) is 12.1. The number of benzene rings is 2. The number of piperazine rings is 1. The first-order chi connectivity index (χ1) is 17.2. The van der Waals surface area contributed by atoms with E-state index in [4.69, 9.17) is 11.6 Å². The summed E-state index contributed by atoms with van der Waals surface area (Å²) in [5.41, 5.74) is 3.00. The number of phenols is 1. The predicted molar refractivity (Wildman–Crippen MR) is 141 cm³/mol. The van der Waals surface area contributed by atoms with Gasteiger partial charge >= 0.3 is 5.69 Å². The van der Waals surface area contributed by atoms with Crippen molar-refractivity contribution in [2.75, 3.05) is 31.6 Å². The lowest BCUT2D eigenvalue weighted by Gasteiger charge is -2.38. The van der Waals surface area contributed by atoms with Crippen LogP contribution >= 0.6 is 11.6 Å². The largest absolute Gasteiger partial charge is 0.507 e. The van der Waals surface area contributed by atoms with E-state index in [0.29, 0.717) is 39.0 Å². The van der Waals surface area contributed by atoms with E-state index in [-0.39, 0.29) is 11.4 Å². The van der Waals surface area contributed by atoms with Crippen molar-refractivity contribution in [3.05, 3.63) is 82.5 Å². The van der Waals surface area contributed by atoms with Gasteiger partial charge in [0.25, 0.3) is 0 Å². The van der Waals surface area contributed by atoms with Crippen LogP contribution in [-0.4, -0.2) is 56.8 Å². The molecule has 0 amide bonds. The molecule has 3 heterocycles. The van der Waals surface area contributed by atoms with Crippen LogP contribution in [-0.2, 0) is 7.05 Å². The number of rotatable bonds is 4. The van der Waals surface area contributed by atoms with Crippen LogP contribution in [0.15, 0.2) is 66.0 Å². The number of halogens is 2. The van der Waals surface area contributed by atoms with Crippen LogP contribution in [0.25, 0.3) is 27.9 Å². The third-order valence-corrected chi connectivity index (χ3v) is 7.20. The second-order valence-corrected chi connectivity index (χ2v) is 9.69. The quantitative estimate of drug-likeness (QED) is 0.439. The minimum atomic E-state index is -0.490. The lowest BCUT2D eigenvalue weighted by atomic mass is 9.97. The molecular weight excluding hydrogens is 481 g/mol. The van der Waals surface area contributed by atoms with Gasteiger partial charge in [0, 0.05) is 68.0 Å². The highest BCUT2D eigenvalue weighted by atomic mass is 35.5. The van der Waals surface area contributed by atoms with Crippen LogP contribution in [0.1, 0.15) is 6.92 Å². The van der Waals surface area contributed by atoms with E-state index in [1.165, 1.54) is 21.3 Å². The van der Waals surface area contributed by atoms with Gasteiger partial charge in [-0.25, -0.2) is 9.18 Å². The summed E-state index contributed by atoms with van der Waals surface area (Å²) < 4.78 is 17.7. The summed E-state index contributed by atoms with van der Waals surface area (Å²) in [6, 6.07) is 9.93. The number of pyridine rings is 1. The maximum Gasteiger partial charge on any atom is 0.332 e. The van der Waals surface area contributed by atoms with Gasteiger partial charge in [-0.2, -0.15) is 0 Å². The number of anilines is 1. The molecule has 1 aliphatic heterocycles. The molecule has 0 radical (unpaired) electrons. The summed E-state index contributed by atoms with van der Waals surface area (Å²) in [6.45, 7) is 4.84. The molecular formula is C27H27ClFN5O2. The summed E-state index contributed by atoms with van der Waals surface area (Å²) in [5.74, 6) is -0.557. The Balaban J connectivity index is 1.52. The van der Waals surface area contributed by atoms with Crippen LogP contribution in [0.4, 0.5) is 10.1 Å². The number of aromatic hydroxyl groups is 1. The molecule has 9 heteroatoms. The van der Waals surface area contributed by atoms with Crippen molar-refractivity contribution in [1.82, 2.24) is 19.0 Å². The van der Waals surface area contributed by atoms with Gasteiger partial charge in [-0.3, -0.25) is 9.55 Å². The fourth-order valence-corrected chi connectivity index (χ4v) is 4.86. The average molecular weight is 508 g/mol. The molecule has 0 bridgehead atoms. The summed E-state index contributed by atoms with van der Waals surface area (Å²) >= 11 is 6.51. The molecule has 36 heavy (non-hydrogen) atoms. The van der Waals surface area contributed by atoms with E-state index in [0.717, 1.165) is 25.3 Å². The molecule has 186 valence electrons. The van der Waals surface area contributed by atoms with Gasteiger partial charge < -0.3 is 19.5 Å². The zero-order valence-electron chi connectivity index (χ0n) is 20.3. The number of likely N-dealkylation sites (N-methyl/N-ethyl adjacent to an activating group) is 1. The highest BCUT2D eigenvalue weighted by Crippen LogP contribution is 2.41. The van der Waals surface area contributed by atoms with Crippen molar-refractivity contribution in [2.45, 2.75) is 13.0 Å². The Morgan fingerprint density at radius 1 is 1.03 bits per heavy atom. The molecule has 1 atom stereocenters. The molecule has 1 aliphatic rings. The first kappa shape index (κ1) is 24.1. The monoisotopic (exact) mass is 507 g/mol. The first-order valence-electron chi connectivity index (χ1n) is 11.7. The van der Waals surface area contributed by atoms with E-state index in [1.807, 2.05) is 6.07 Å². The van der Waals surface area contributed by atoms with Gasteiger partial charge in [-0.05, 0) is 49.9 Å². The second kappa shape index (κ2) is 9.44. The van der Waals surface area contributed by atoms with Crippen LogP contribution in [0.5, 0.6) is 5.75 Å². The standard InChI is InChI=1S/C27H27ClFN5O2/c1-17-16-33(8-6-31(17)2)21-10-19(14-30-15-21)23-13-20(29)12-22(26(23)35)18-4-5-25(24(28)11-18)34-9-7-32(3)27(34)36/h4-5,7,9-15,17,35H,6,8,16H2,1-3H3/t17-/m1/s1. The third-order valence-electron chi connectivity index (χ3n) is 6.90. The molecule has 1 N–H and O–H groups in total. The molecule has 2 aromatic carbocycles. The average Bonchev–Trinajstić information content (AvgIpc) is 3.20. The van der Waals surface area contributed by atoms with Crippen LogP contribution < -0.4 is 10.6 Å². The van der Waals surface area contributed by atoms with Crippen LogP contribution in [0.3, 0.4) is 0 Å². The Labute approximate surface area is 213 Å². The number of aromatic nitrogens is 3. The summed E-state index contributed by atoms with van der Waals surface area (Å²) in [4.78, 5) is 21.3. The lowest BCUT2D eigenvalue weighted by molar-refractivity contribution is 0.234. The van der Waals surface area contributed by atoms with Gasteiger partial charge in [-0.1, -0.05) is 17.7 Å². The van der Waals surface area contributed by atoms with Crippen molar-refractivity contribution in [3.63, 3.8) is 0 Å². The molecule has 0 saturated carbocycles. The normalized spacial score (nSPS) is 16.5. The number of hydrogen-bond acceptors (Lipinski definition) is 5. The molecule has 0 unspecified atom stereocenters. The minimum absolute atomic E-state index is 0.0669. The fourth-order valence-electron chi connectivity index (χ4n) is 4.59. The van der Waals surface area contributed by atoms with Gasteiger partial charge in [-0.15, -0.1) is 0 Å². The molecule has 0 spiro atoms. The zero-order valence-corrected chi connectivity index (χ0v) is 21.1. The van der Waals surface area contributed by atoms with E-state index >= 15 is 0 Å². The highest BCUT2D eigenvalue weighted by molar-refractivity contribution is 6.32. The van der Waals surface area contributed by atoms with E-state index < -0.39 is 5.82 Å². The minimum Gasteiger partial charge on any atom is -0.507 e. The van der Waals surface area contributed by atoms with Gasteiger partial charge in [0.1, 0.15) is 11.6 Å². The van der Waals surface area contributed by atoms with Crippen LogP contribution in [0.2, 0.25) is 5.02 Å². The smallest absolute Gasteiger partial charge is 0.332 e. The van der Waals surface area contributed by atoms with Crippen molar-refractivity contribution in [1.29, 1.82) is 0 Å². The van der Waals surface area contributed by atoms with Gasteiger partial charge in [0.2, 0.25) is 0 Å². The fraction of sp³-hybridized carbons (Fsp3) is 0.259. The maximum atomic E-state index is 14.8. The van der Waals surface area contributed by atoms with Crippen molar-refractivity contribution >= 4 is 17.3 Å². The summed E-state index contributed by atoms with van der Waals surface area (Å²) in [6.07, 6.45) is 6.69. The molecule has 0 aliphatic carbocycles. The SMILES string of the molecule is C[C@@H]1CN(c2cncc(-c3cc(F)cc(-c4ccc(-n5ccn(C)c5=O)c(Cl)c4)c3O)c2)CCN1C. The van der Waals surface area contributed by atoms with Gasteiger partial charge in [0.15, 0.2) is 0 Å². The second-order valence-electron chi connectivity index (χ2n) is 9.28. The van der Waals surface area contributed by atoms with E-state index in [9.17, 15) is 14.3 Å². The molecule has 5 rings (SSSR count). The Hall–Kier alpha value is -3.62. The highest BCUT2D eigenvalue weighted by Gasteiger charge is 2.22. The third kappa shape index (κ3) is 4.38. The molecule has 2 aromatic heterocycles. The number of imidazole rings is 1. The lowest BCUT2D eigenvalue weighted by Crippen LogP contribution is -2.50. The maximum absolute atomic E-state index is 14.8. The van der Waals surface area contributed by atoms with Crippen molar-refractivity contribution < 1.29 is 9.50 Å². The Morgan fingerprint density at radius 3 is 2.44 bits per heavy atom. The molecule has 1 saturated heterocycles. The Morgan fingerprint density at radius 2 is 1.78 bits per heavy atom. The number of aryl methyl sites for hydroxylation is 1. The summed E-state index contributed by atoms with van der Waals surface area (Å²) in [7, 11) is 3.77. The predicted octanol–water partition coefficient (Wildman–Crippen LogP) is 4.54. The number of hydrogen-bond donors (Lipinski definition) is 1. The Kier molecular flexibility index (Phi) is 6.32. The molecule has 4 aromatic rings. The zero-order chi connectivity index (χ0) is 25.6. The topological polar surface area (TPSA) is 66.5 Å². The number of nitrogens with zero attached hydrogens (tertiary/aromatic N) is 5. The van der Waals surface area contributed by atoms with E-state index in [2.05, 4.69) is 28.8 Å². The van der Waals surface area contributed by atoms with Crippen molar-refractivity contribution in [2.24, 2.45) is 7.05 Å². The molecule has 7 nitrogen and oxygen atoms in total. The summed E-state index contributed by atoms with van der Waals surface area (Å²) in [5, 5.41) is 11.5. The van der Waals surface area contributed by atoms with Crippen molar-refractivity contribution in [3.8, 4) is 33.7 Å². The number of phenolic OH excluding ortho intramolecular Hbond substituents is 1. The van der Waals surface area contributed by atoms with Gasteiger partial charge in [0.05, 0.1) is 22.6 Å². The van der Waals surface area contributed by atoms with Crippen LogP contribution in [0, 0.1) is 5.82 Å². The van der Waals surface area contributed by atoms with E-state index in [1.54, 1.807) is 50.0 Å².